The van der Waals surface area contributed by atoms with Crippen molar-refractivity contribution in [2.45, 2.75) is 31.2 Å². The fraction of sp³-hybridized carbons (Fsp3) is 0.400. The number of methoxy groups -OCH3 is 2. The van der Waals surface area contributed by atoms with Crippen molar-refractivity contribution in [1.29, 1.82) is 0 Å². The highest BCUT2D eigenvalue weighted by Crippen LogP contribution is 2.43. The van der Waals surface area contributed by atoms with E-state index < -0.39 is 0 Å². The monoisotopic (exact) mass is 309 g/mol. The van der Waals surface area contributed by atoms with E-state index in [9.17, 15) is 0 Å². The minimum Gasteiger partial charge on any atom is -0.493 e. The third-order valence-corrected chi connectivity index (χ3v) is 5.30. The summed E-state index contributed by atoms with van der Waals surface area (Å²) in [5.74, 6) is 2.06. The lowest BCUT2D eigenvalue weighted by atomic mass is 9.74. The maximum Gasteiger partial charge on any atom is 0.161 e. The van der Waals surface area contributed by atoms with Gasteiger partial charge in [-0.2, -0.15) is 0 Å². The van der Waals surface area contributed by atoms with E-state index >= 15 is 0 Å². The van der Waals surface area contributed by atoms with E-state index in [-0.39, 0.29) is 0 Å². The van der Waals surface area contributed by atoms with Crippen LogP contribution in [0.15, 0.2) is 36.4 Å². The standard InChI is InChI=1S/C20H23NO2/c1-22-18-11-14-7-8-17-20(16(14)12-19(18)23-2)15-6-4-3-5-13(15)9-10-21-17/h3-6,11-12,17,20-21H,7-10H2,1-2H3/t17-,20-/m1/s1. The molecule has 1 N–H and O–H groups in total. The van der Waals surface area contributed by atoms with Crippen molar-refractivity contribution < 1.29 is 9.47 Å². The number of ether oxygens (including phenoxy) is 2. The summed E-state index contributed by atoms with van der Waals surface area (Å²) in [7, 11) is 3.42. The second kappa shape index (κ2) is 5.89. The fourth-order valence-electron chi connectivity index (χ4n) is 4.20. The van der Waals surface area contributed by atoms with Gasteiger partial charge in [0, 0.05) is 12.0 Å². The van der Waals surface area contributed by atoms with Crippen LogP contribution in [0, 0.1) is 0 Å². The Balaban J connectivity index is 1.89. The predicted octanol–water partition coefficient (Wildman–Crippen LogP) is 3.30. The van der Waals surface area contributed by atoms with Gasteiger partial charge in [0.1, 0.15) is 0 Å². The Morgan fingerprint density at radius 1 is 0.913 bits per heavy atom. The molecule has 2 aromatic carbocycles. The minimum atomic E-state index is 0.400. The van der Waals surface area contributed by atoms with Crippen LogP contribution in [0.5, 0.6) is 11.5 Å². The molecule has 0 unspecified atom stereocenters. The molecule has 0 saturated heterocycles. The van der Waals surface area contributed by atoms with Crippen LogP contribution in [-0.4, -0.2) is 26.8 Å². The van der Waals surface area contributed by atoms with Gasteiger partial charge in [-0.1, -0.05) is 24.3 Å². The summed E-state index contributed by atoms with van der Waals surface area (Å²) in [4.78, 5) is 0. The maximum absolute atomic E-state index is 5.56. The summed E-state index contributed by atoms with van der Waals surface area (Å²) in [6, 6.07) is 13.7. The molecule has 0 bridgehead atoms. The second-order valence-electron chi connectivity index (χ2n) is 6.43. The quantitative estimate of drug-likeness (QED) is 0.923. The van der Waals surface area contributed by atoms with Crippen molar-refractivity contribution in [2.24, 2.45) is 0 Å². The van der Waals surface area contributed by atoms with Gasteiger partial charge in [-0.15, -0.1) is 0 Å². The van der Waals surface area contributed by atoms with Gasteiger partial charge in [-0.05, 0) is 60.2 Å². The van der Waals surface area contributed by atoms with E-state index in [1.165, 1.54) is 28.7 Å². The number of nitrogens with one attached hydrogen (secondary N) is 1. The first-order chi connectivity index (χ1) is 11.3. The van der Waals surface area contributed by atoms with Gasteiger partial charge in [0.05, 0.1) is 14.2 Å². The van der Waals surface area contributed by atoms with E-state index in [1.807, 2.05) is 0 Å². The highest BCUT2D eigenvalue weighted by Gasteiger charge is 2.34. The van der Waals surface area contributed by atoms with E-state index in [2.05, 4.69) is 41.7 Å². The Kier molecular flexibility index (Phi) is 3.74. The summed E-state index contributed by atoms with van der Waals surface area (Å²) in [6.07, 6.45) is 3.36. The van der Waals surface area contributed by atoms with Crippen molar-refractivity contribution in [3.05, 3.63) is 58.7 Å². The third-order valence-electron chi connectivity index (χ3n) is 5.30. The van der Waals surface area contributed by atoms with Gasteiger partial charge in [-0.25, -0.2) is 0 Å². The van der Waals surface area contributed by atoms with Crippen LogP contribution in [0.3, 0.4) is 0 Å². The van der Waals surface area contributed by atoms with Crippen LogP contribution in [0.4, 0.5) is 0 Å². The smallest absolute Gasteiger partial charge is 0.161 e. The second-order valence-corrected chi connectivity index (χ2v) is 6.43. The number of rotatable bonds is 2. The summed E-state index contributed by atoms with van der Waals surface area (Å²) < 4.78 is 11.0. The SMILES string of the molecule is COc1cc2c(cc1OC)[C@H]1c3ccccc3CCN[C@@H]1CC2. The Hall–Kier alpha value is -2.00. The van der Waals surface area contributed by atoms with E-state index in [0.29, 0.717) is 12.0 Å². The van der Waals surface area contributed by atoms with Crippen LogP contribution in [0.1, 0.15) is 34.6 Å². The molecule has 120 valence electrons. The molecule has 1 aliphatic heterocycles. The molecule has 2 atom stereocenters. The third kappa shape index (κ3) is 2.40. The molecule has 0 amide bonds. The average Bonchev–Trinajstić information content (AvgIpc) is 2.79. The molecule has 0 aromatic heterocycles. The summed E-state index contributed by atoms with van der Waals surface area (Å²) >= 11 is 0. The van der Waals surface area contributed by atoms with Gasteiger partial charge in [0.15, 0.2) is 11.5 Å². The van der Waals surface area contributed by atoms with E-state index in [4.69, 9.17) is 9.47 Å². The number of benzene rings is 2. The normalized spacial score (nSPS) is 22.3. The Bertz CT molecular complexity index is 726. The summed E-state index contributed by atoms with van der Waals surface area (Å²) in [5.41, 5.74) is 5.72. The first-order valence-electron chi connectivity index (χ1n) is 8.38. The van der Waals surface area contributed by atoms with Crippen LogP contribution in [-0.2, 0) is 12.8 Å². The van der Waals surface area contributed by atoms with Crippen molar-refractivity contribution in [2.75, 3.05) is 20.8 Å². The van der Waals surface area contributed by atoms with Gasteiger partial charge in [-0.3, -0.25) is 0 Å². The lowest BCUT2D eigenvalue weighted by Crippen LogP contribution is -2.38. The molecule has 23 heavy (non-hydrogen) atoms. The summed E-state index contributed by atoms with van der Waals surface area (Å²) in [5, 5.41) is 3.77. The largest absolute Gasteiger partial charge is 0.493 e. The molecule has 3 heteroatoms. The number of aryl methyl sites for hydroxylation is 1. The van der Waals surface area contributed by atoms with Gasteiger partial charge in [0.2, 0.25) is 0 Å². The lowest BCUT2D eigenvalue weighted by molar-refractivity contribution is 0.351. The molecular formula is C20H23NO2. The first-order valence-corrected chi connectivity index (χ1v) is 8.38. The molecule has 2 aromatic rings. The van der Waals surface area contributed by atoms with Gasteiger partial charge in [0.25, 0.3) is 0 Å². The number of fused-ring (bicyclic) bond motifs is 5. The summed E-state index contributed by atoms with van der Waals surface area (Å²) in [6.45, 7) is 1.06. The molecule has 2 aliphatic rings. The van der Waals surface area contributed by atoms with Gasteiger partial charge >= 0.3 is 0 Å². The highest BCUT2D eigenvalue weighted by atomic mass is 16.5. The lowest BCUT2D eigenvalue weighted by Gasteiger charge is -2.34. The van der Waals surface area contributed by atoms with Crippen molar-refractivity contribution in [1.82, 2.24) is 5.32 Å². The Labute approximate surface area is 137 Å². The first kappa shape index (κ1) is 14.6. The fourth-order valence-corrected chi connectivity index (χ4v) is 4.20. The van der Waals surface area contributed by atoms with Crippen LogP contribution >= 0.6 is 0 Å². The molecule has 0 fully saturated rings. The van der Waals surface area contributed by atoms with Crippen molar-refractivity contribution in [3.63, 3.8) is 0 Å². The minimum absolute atomic E-state index is 0.400. The van der Waals surface area contributed by atoms with Gasteiger partial charge < -0.3 is 14.8 Å². The topological polar surface area (TPSA) is 30.5 Å². The van der Waals surface area contributed by atoms with Crippen molar-refractivity contribution in [3.8, 4) is 11.5 Å². The molecule has 4 rings (SSSR count). The zero-order valence-corrected chi connectivity index (χ0v) is 13.8. The highest BCUT2D eigenvalue weighted by molar-refractivity contribution is 5.54. The zero-order valence-electron chi connectivity index (χ0n) is 13.8. The predicted molar refractivity (Wildman–Crippen MR) is 91.6 cm³/mol. The number of hydrogen-bond donors (Lipinski definition) is 1. The maximum atomic E-state index is 5.56. The molecule has 3 nitrogen and oxygen atoms in total. The van der Waals surface area contributed by atoms with Crippen LogP contribution in [0.25, 0.3) is 0 Å². The molecule has 0 radical (unpaired) electrons. The molecule has 0 saturated carbocycles. The number of hydrogen-bond acceptors (Lipinski definition) is 3. The van der Waals surface area contributed by atoms with E-state index in [1.54, 1.807) is 14.2 Å². The van der Waals surface area contributed by atoms with Crippen LogP contribution in [0.2, 0.25) is 0 Å². The Morgan fingerprint density at radius 2 is 1.70 bits per heavy atom. The Morgan fingerprint density at radius 3 is 2.52 bits per heavy atom. The van der Waals surface area contributed by atoms with Crippen molar-refractivity contribution >= 4 is 0 Å². The average molecular weight is 309 g/mol. The zero-order chi connectivity index (χ0) is 15.8. The molecule has 1 heterocycles. The molecular weight excluding hydrogens is 286 g/mol. The van der Waals surface area contributed by atoms with Crippen LogP contribution < -0.4 is 14.8 Å². The molecule has 1 aliphatic carbocycles. The molecule has 0 spiro atoms. The van der Waals surface area contributed by atoms with E-state index in [0.717, 1.165) is 30.9 Å².